The standard InChI is InChI=1S/C15H30N2O2/c1-3-4-13(7-9-16)5-6-15(18)17-14-8-10-19-12(2)11-14/h12-14H,3-11,16H2,1-2H3,(H,17,18). The molecule has 3 N–H and O–H groups in total. The molecule has 112 valence electrons. The molecule has 1 aliphatic heterocycles. The molecule has 1 aliphatic rings. The number of nitrogens with one attached hydrogen (secondary N) is 1. The topological polar surface area (TPSA) is 64.4 Å². The minimum atomic E-state index is 0.192. The highest BCUT2D eigenvalue weighted by Crippen LogP contribution is 2.18. The molecule has 1 saturated heterocycles. The van der Waals surface area contributed by atoms with Gasteiger partial charge in [0.25, 0.3) is 0 Å². The Balaban J connectivity index is 2.22. The van der Waals surface area contributed by atoms with Crippen LogP contribution in [0.2, 0.25) is 0 Å². The van der Waals surface area contributed by atoms with Crippen molar-refractivity contribution in [3.8, 4) is 0 Å². The molecular formula is C15H30N2O2. The molecule has 0 aromatic rings. The Morgan fingerprint density at radius 1 is 1.42 bits per heavy atom. The Hall–Kier alpha value is -0.610. The number of carbonyl (C=O) groups is 1. The van der Waals surface area contributed by atoms with Gasteiger partial charge >= 0.3 is 0 Å². The molecule has 1 rings (SSSR count). The van der Waals surface area contributed by atoms with Gasteiger partial charge in [0.05, 0.1) is 6.10 Å². The molecule has 3 atom stereocenters. The number of ether oxygens (including phenoxy) is 1. The van der Waals surface area contributed by atoms with Gasteiger partial charge in [-0.05, 0) is 45.1 Å². The third-order valence-electron chi connectivity index (χ3n) is 3.90. The van der Waals surface area contributed by atoms with Crippen molar-refractivity contribution in [2.75, 3.05) is 13.2 Å². The molecule has 0 aromatic heterocycles. The van der Waals surface area contributed by atoms with Crippen molar-refractivity contribution in [2.24, 2.45) is 11.7 Å². The molecule has 4 heteroatoms. The van der Waals surface area contributed by atoms with Crippen LogP contribution in [0, 0.1) is 5.92 Å². The minimum Gasteiger partial charge on any atom is -0.378 e. The fourth-order valence-corrected chi connectivity index (χ4v) is 2.84. The summed E-state index contributed by atoms with van der Waals surface area (Å²) in [5.41, 5.74) is 5.62. The SMILES string of the molecule is CCCC(CCN)CCC(=O)NC1CCOC(C)C1. The fourth-order valence-electron chi connectivity index (χ4n) is 2.84. The average Bonchev–Trinajstić information content (AvgIpc) is 2.36. The summed E-state index contributed by atoms with van der Waals surface area (Å²) >= 11 is 0. The van der Waals surface area contributed by atoms with Crippen molar-refractivity contribution in [1.82, 2.24) is 5.32 Å². The van der Waals surface area contributed by atoms with Gasteiger partial charge < -0.3 is 15.8 Å². The van der Waals surface area contributed by atoms with E-state index < -0.39 is 0 Å². The molecule has 4 nitrogen and oxygen atoms in total. The van der Waals surface area contributed by atoms with Gasteiger partial charge in [0.15, 0.2) is 0 Å². The number of hydrogen-bond donors (Lipinski definition) is 2. The van der Waals surface area contributed by atoms with Gasteiger partial charge in [0, 0.05) is 19.1 Å². The van der Waals surface area contributed by atoms with E-state index in [-0.39, 0.29) is 12.0 Å². The van der Waals surface area contributed by atoms with Crippen molar-refractivity contribution in [1.29, 1.82) is 0 Å². The third-order valence-corrected chi connectivity index (χ3v) is 3.90. The Morgan fingerprint density at radius 2 is 2.21 bits per heavy atom. The van der Waals surface area contributed by atoms with Crippen LogP contribution in [0.4, 0.5) is 0 Å². The zero-order valence-electron chi connectivity index (χ0n) is 12.5. The summed E-state index contributed by atoms with van der Waals surface area (Å²) in [4.78, 5) is 11.9. The van der Waals surface area contributed by atoms with E-state index in [9.17, 15) is 4.79 Å². The van der Waals surface area contributed by atoms with Crippen LogP contribution >= 0.6 is 0 Å². The highest BCUT2D eigenvalue weighted by Gasteiger charge is 2.21. The largest absolute Gasteiger partial charge is 0.378 e. The normalized spacial score (nSPS) is 25.0. The van der Waals surface area contributed by atoms with Gasteiger partial charge in [-0.1, -0.05) is 19.8 Å². The van der Waals surface area contributed by atoms with Gasteiger partial charge in [-0.25, -0.2) is 0 Å². The van der Waals surface area contributed by atoms with E-state index in [1.807, 2.05) is 0 Å². The molecule has 1 amide bonds. The molecule has 3 unspecified atom stereocenters. The van der Waals surface area contributed by atoms with Crippen molar-refractivity contribution >= 4 is 5.91 Å². The summed E-state index contributed by atoms with van der Waals surface area (Å²) in [6.07, 6.45) is 7.14. The van der Waals surface area contributed by atoms with Crippen LogP contribution in [-0.2, 0) is 9.53 Å². The number of rotatable bonds is 8. The van der Waals surface area contributed by atoms with Crippen LogP contribution in [0.3, 0.4) is 0 Å². The van der Waals surface area contributed by atoms with Gasteiger partial charge in [0.2, 0.25) is 5.91 Å². The Bertz CT molecular complexity index is 253. The maximum Gasteiger partial charge on any atom is 0.220 e. The second-order valence-corrected chi connectivity index (χ2v) is 5.74. The number of carbonyl (C=O) groups excluding carboxylic acids is 1. The molecule has 0 saturated carbocycles. The van der Waals surface area contributed by atoms with Gasteiger partial charge in [0.1, 0.15) is 0 Å². The van der Waals surface area contributed by atoms with Crippen LogP contribution in [0.5, 0.6) is 0 Å². The van der Waals surface area contributed by atoms with Crippen LogP contribution in [0.25, 0.3) is 0 Å². The maximum absolute atomic E-state index is 11.9. The van der Waals surface area contributed by atoms with Crippen LogP contribution in [0.15, 0.2) is 0 Å². The summed E-state index contributed by atoms with van der Waals surface area (Å²) < 4.78 is 5.49. The van der Waals surface area contributed by atoms with E-state index in [2.05, 4.69) is 19.2 Å². The zero-order chi connectivity index (χ0) is 14.1. The minimum absolute atomic E-state index is 0.192. The summed E-state index contributed by atoms with van der Waals surface area (Å²) in [7, 11) is 0. The number of hydrogen-bond acceptors (Lipinski definition) is 3. The van der Waals surface area contributed by atoms with Gasteiger partial charge in [-0.15, -0.1) is 0 Å². The number of nitrogens with two attached hydrogens (primary N) is 1. The predicted molar refractivity (Wildman–Crippen MR) is 77.9 cm³/mol. The lowest BCUT2D eigenvalue weighted by atomic mass is 9.94. The van der Waals surface area contributed by atoms with E-state index in [1.54, 1.807) is 0 Å². The first-order chi connectivity index (χ1) is 9.15. The molecule has 19 heavy (non-hydrogen) atoms. The zero-order valence-corrected chi connectivity index (χ0v) is 12.5. The Morgan fingerprint density at radius 3 is 2.84 bits per heavy atom. The smallest absolute Gasteiger partial charge is 0.220 e. The van der Waals surface area contributed by atoms with Crippen molar-refractivity contribution in [2.45, 2.75) is 70.9 Å². The van der Waals surface area contributed by atoms with E-state index in [0.29, 0.717) is 18.4 Å². The molecule has 0 radical (unpaired) electrons. The van der Waals surface area contributed by atoms with E-state index in [4.69, 9.17) is 10.5 Å². The van der Waals surface area contributed by atoms with Gasteiger partial charge in [-0.3, -0.25) is 4.79 Å². The lowest BCUT2D eigenvalue weighted by Gasteiger charge is -2.28. The monoisotopic (exact) mass is 270 g/mol. The summed E-state index contributed by atoms with van der Waals surface area (Å²) in [5, 5.41) is 3.14. The molecule has 0 aliphatic carbocycles. The van der Waals surface area contributed by atoms with Crippen LogP contribution in [-0.4, -0.2) is 31.2 Å². The fraction of sp³-hybridized carbons (Fsp3) is 0.933. The first kappa shape index (κ1) is 16.4. The summed E-state index contributed by atoms with van der Waals surface area (Å²) in [5.74, 6) is 0.798. The van der Waals surface area contributed by atoms with Crippen molar-refractivity contribution < 1.29 is 9.53 Å². The maximum atomic E-state index is 11.9. The number of amides is 1. The lowest BCUT2D eigenvalue weighted by molar-refractivity contribution is -0.123. The molecule has 0 spiro atoms. The van der Waals surface area contributed by atoms with E-state index in [0.717, 1.165) is 38.8 Å². The van der Waals surface area contributed by atoms with Crippen LogP contribution < -0.4 is 11.1 Å². The molecule has 1 fully saturated rings. The molecule has 0 aromatic carbocycles. The highest BCUT2D eigenvalue weighted by atomic mass is 16.5. The third kappa shape index (κ3) is 6.92. The molecule has 1 heterocycles. The average molecular weight is 270 g/mol. The first-order valence-corrected chi connectivity index (χ1v) is 7.76. The summed E-state index contributed by atoms with van der Waals surface area (Å²) in [6.45, 7) is 5.74. The van der Waals surface area contributed by atoms with E-state index >= 15 is 0 Å². The van der Waals surface area contributed by atoms with E-state index in [1.165, 1.54) is 12.8 Å². The quantitative estimate of drug-likeness (QED) is 0.711. The second kappa shape index (κ2) is 9.32. The Labute approximate surface area is 117 Å². The lowest BCUT2D eigenvalue weighted by Crippen LogP contribution is -2.41. The first-order valence-electron chi connectivity index (χ1n) is 7.76. The van der Waals surface area contributed by atoms with Gasteiger partial charge in [-0.2, -0.15) is 0 Å². The van der Waals surface area contributed by atoms with Crippen molar-refractivity contribution in [3.63, 3.8) is 0 Å². The van der Waals surface area contributed by atoms with Crippen molar-refractivity contribution in [3.05, 3.63) is 0 Å². The second-order valence-electron chi connectivity index (χ2n) is 5.74. The predicted octanol–water partition coefficient (Wildman–Crippen LogP) is 2.22. The Kier molecular flexibility index (Phi) is 8.07. The summed E-state index contributed by atoms with van der Waals surface area (Å²) in [6, 6.07) is 0.301. The molecule has 0 bridgehead atoms. The van der Waals surface area contributed by atoms with Crippen LogP contribution in [0.1, 0.15) is 58.8 Å². The highest BCUT2D eigenvalue weighted by molar-refractivity contribution is 5.76. The molecular weight excluding hydrogens is 240 g/mol.